The summed E-state index contributed by atoms with van der Waals surface area (Å²) < 4.78 is 5.18. The third-order valence-corrected chi connectivity index (χ3v) is 2.96. The number of hydrogen-bond donors (Lipinski definition) is 0. The van der Waals surface area contributed by atoms with Crippen LogP contribution in [0.5, 0.6) is 0 Å². The van der Waals surface area contributed by atoms with Crippen molar-refractivity contribution in [2.24, 2.45) is 5.92 Å². The molecule has 1 fully saturated rings. The number of carbonyl (C=O) groups is 1. The molecule has 2 nitrogen and oxygen atoms in total. The summed E-state index contributed by atoms with van der Waals surface area (Å²) in [5.41, 5.74) is 0. The van der Waals surface area contributed by atoms with Crippen LogP contribution < -0.4 is 0 Å². The van der Waals surface area contributed by atoms with Crippen molar-refractivity contribution < 1.29 is 9.53 Å². The van der Waals surface area contributed by atoms with Crippen molar-refractivity contribution in [3.63, 3.8) is 0 Å². The lowest BCUT2D eigenvalue weighted by Crippen LogP contribution is -2.13. The largest absolute Gasteiger partial charge is 0.382 e. The molecule has 1 aliphatic heterocycles. The van der Waals surface area contributed by atoms with Crippen LogP contribution in [0.2, 0.25) is 0 Å². The van der Waals surface area contributed by atoms with Gasteiger partial charge in [0.1, 0.15) is 5.78 Å². The van der Waals surface area contributed by atoms with Crippen LogP contribution in [-0.4, -0.2) is 30.5 Å². The summed E-state index contributed by atoms with van der Waals surface area (Å²) in [6.45, 7) is 3.48. The normalized spacial score (nSPS) is 24.5. The second kappa shape index (κ2) is 4.78. The van der Waals surface area contributed by atoms with E-state index < -0.39 is 0 Å². The van der Waals surface area contributed by atoms with E-state index in [0.29, 0.717) is 5.78 Å². The van der Waals surface area contributed by atoms with Gasteiger partial charge in [-0.3, -0.25) is 4.79 Å². The number of ether oxygens (including phenoxy) is 1. The highest BCUT2D eigenvalue weighted by Gasteiger charge is 2.23. The number of thioether (sulfide) groups is 1. The standard InChI is InChI=1S/C8H14O2S/c1-2-10-4-3-7-5-11-6-8(7)9/h7H,2-6H2,1H3. The maximum absolute atomic E-state index is 11.1. The lowest BCUT2D eigenvalue weighted by molar-refractivity contribution is -0.119. The lowest BCUT2D eigenvalue weighted by atomic mass is 10.1. The molecule has 3 heteroatoms. The van der Waals surface area contributed by atoms with Gasteiger partial charge in [-0.05, 0) is 13.3 Å². The van der Waals surface area contributed by atoms with Crippen LogP contribution >= 0.6 is 11.8 Å². The average Bonchev–Trinajstić information content (AvgIpc) is 2.37. The Balaban J connectivity index is 2.10. The zero-order valence-electron chi connectivity index (χ0n) is 6.84. The van der Waals surface area contributed by atoms with E-state index >= 15 is 0 Å². The van der Waals surface area contributed by atoms with Crippen molar-refractivity contribution in [2.45, 2.75) is 13.3 Å². The Morgan fingerprint density at radius 2 is 2.55 bits per heavy atom. The van der Waals surface area contributed by atoms with Crippen molar-refractivity contribution in [2.75, 3.05) is 24.7 Å². The molecule has 0 spiro atoms. The molecule has 1 saturated heterocycles. The minimum absolute atomic E-state index is 0.284. The van der Waals surface area contributed by atoms with Gasteiger partial charge in [0, 0.05) is 24.9 Å². The van der Waals surface area contributed by atoms with E-state index in [1.807, 2.05) is 6.92 Å². The van der Waals surface area contributed by atoms with Gasteiger partial charge in [0.15, 0.2) is 0 Å². The molecule has 1 aliphatic rings. The first-order valence-corrected chi connectivity index (χ1v) is 5.18. The minimum atomic E-state index is 0.284. The van der Waals surface area contributed by atoms with E-state index in [2.05, 4.69) is 0 Å². The van der Waals surface area contributed by atoms with E-state index in [9.17, 15) is 4.79 Å². The second-order valence-electron chi connectivity index (χ2n) is 2.66. The summed E-state index contributed by atoms with van der Waals surface area (Å²) in [7, 11) is 0. The third-order valence-electron chi connectivity index (χ3n) is 1.83. The van der Waals surface area contributed by atoms with Crippen molar-refractivity contribution in [3.8, 4) is 0 Å². The van der Waals surface area contributed by atoms with Gasteiger partial charge in [-0.2, -0.15) is 11.8 Å². The molecule has 0 saturated carbocycles. The summed E-state index contributed by atoms with van der Waals surface area (Å²) in [4.78, 5) is 11.1. The number of rotatable bonds is 4. The monoisotopic (exact) mass is 174 g/mol. The molecule has 1 heterocycles. The molecular weight excluding hydrogens is 160 g/mol. The molecule has 0 N–H and O–H groups in total. The highest BCUT2D eigenvalue weighted by atomic mass is 32.2. The average molecular weight is 174 g/mol. The zero-order valence-corrected chi connectivity index (χ0v) is 7.65. The predicted molar refractivity (Wildman–Crippen MR) is 46.9 cm³/mol. The SMILES string of the molecule is CCOCCC1CSCC1=O. The number of carbonyl (C=O) groups excluding carboxylic acids is 1. The van der Waals surface area contributed by atoms with E-state index in [0.717, 1.165) is 31.1 Å². The fourth-order valence-corrected chi connectivity index (χ4v) is 2.32. The Kier molecular flexibility index (Phi) is 3.94. The fraction of sp³-hybridized carbons (Fsp3) is 0.875. The van der Waals surface area contributed by atoms with Crippen LogP contribution in [0.1, 0.15) is 13.3 Å². The Morgan fingerprint density at radius 1 is 1.73 bits per heavy atom. The Labute approximate surface area is 71.7 Å². The van der Waals surface area contributed by atoms with Gasteiger partial charge in [-0.15, -0.1) is 0 Å². The topological polar surface area (TPSA) is 26.3 Å². The van der Waals surface area contributed by atoms with Gasteiger partial charge < -0.3 is 4.74 Å². The molecule has 0 radical (unpaired) electrons. The summed E-state index contributed by atoms with van der Waals surface area (Å²) >= 11 is 1.74. The van der Waals surface area contributed by atoms with Crippen molar-refractivity contribution >= 4 is 17.5 Å². The smallest absolute Gasteiger partial charge is 0.146 e. The number of ketones is 1. The first-order valence-electron chi connectivity index (χ1n) is 4.02. The Bertz CT molecular complexity index is 136. The van der Waals surface area contributed by atoms with E-state index in [1.54, 1.807) is 11.8 Å². The lowest BCUT2D eigenvalue weighted by Gasteiger charge is -2.05. The Morgan fingerprint density at radius 3 is 3.09 bits per heavy atom. The zero-order chi connectivity index (χ0) is 8.10. The van der Waals surface area contributed by atoms with E-state index in [4.69, 9.17) is 4.74 Å². The van der Waals surface area contributed by atoms with Gasteiger partial charge in [-0.1, -0.05) is 0 Å². The minimum Gasteiger partial charge on any atom is -0.382 e. The fourth-order valence-electron chi connectivity index (χ4n) is 1.13. The highest BCUT2D eigenvalue weighted by molar-refractivity contribution is 8.00. The van der Waals surface area contributed by atoms with Crippen LogP contribution in [0.25, 0.3) is 0 Å². The maximum atomic E-state index is 11.1. The van der Waals surface area contributed by atoms with Gasteiger partial charge in [0.25, 0.3) is 0 Å². The quantitative estimate of drug-likeness (QED) is 0.602. The van der Waals surface area contributed by atoms with Crippen LogP contribution in [0.15, 0.2) is 0 Å². The number of Topliss-reactive ketones (excluding diaryl/α,β-unsaturated/α-hetero) is 1. The van der Waals surface area contributed by atoms with Gasteiger partial charge in [-0.25, -0.2) is 0 Å². The van der Waals surface area contributed by atoms with E-state index in [1.165, 1.54) is 0 Å². The molecule has 0 aromatic carbocycles. The van der Waals surface area contributed by atoms with Gasteiger partial charge >= 0.3 is 0 Å². The molecule has 0 aromatic heterocycles. The van der Waals surface area contributed by atoms with Crippen molar-refractivity contribution in [1.82, 2.24) is 0 Å². The van der Waals surface area contributed by atoms with Crippen LogP contribution in [-0.2, 0) is 9.53 Å². The van der Waals surface area contributed by atoms with Gasteiger partial charge in [0.05, 0.1) is 5.75 Å². The predicted octanol–water partition coefficient (Wildman–Crippen LogP) is 1.35. The molecule has 0 aromatic rings. The molecule has 11 heavy (non-hydrogen) atoms. The van der Waals surface area contributed by atoms with Crippen LogP contribution in [0, 0.1) is 5.92 Å². The van der Waals surface area contributed by atoms with E-state index in [-0.39, 0.29) is 5.92 Å². The maximum Gasteiger partial charge on any atom is 0.146 e. The third kappa shape index (κ3) is 2.83. The first kappa shape index (κ1) is 9.07. The van der Waals surface area contributed by atoms with Crippen LogP contribution in [0.4, 0.5) is 0 Å². The van der Waals surface area contributed by atoms with Gasteiger partial charge in [0.2, 0.25) is 0 Å². The first-order chi connectivity index (χ1) is 5.34. The molecule has 0 bridgehead atoms. The highest BCUT2D eigenvalue weighted by Crippen LogP contribution is 2.22. The second-order valence-corrected chi connectivity index (χ2v) is 3.69. The molecule has 1 rings (SSSR count). The molecular formula is C8H14O2S. The molecule has 0 aliphatic carbocycles. The molecule has 1 unspecified atom stereocenters. The van der Waals surface area contributed by atoms with Crippen molar-refractivity contribution in [1.29, 1.82) is 0 Å². The summed E-state index contributed by atoms with van der Waals surface area (Å²) in [6, 6.07) is 0. The molecule has 64 valence electrons. The molecule has 1 atom stereocenters. The molecule has 0 amide bonds. The van der Waals surface area contributed by atoms with Crippen molar-refractivity contribution in [3.05, 3.63) is 0 Å². The summed E-state index contributed by atoms with van der Waals surface area (Å²) in [6.07, 6.45) is 0.916. The Hall–Kier alpha value is -0.0200. The number of hydrogen-bond acceptors (Lipinski definition) is 3. The summed E-state index contributed by atoms with van der Waals surface area (Å²) in [5.74, 6) is 2.42. The van der Waals surface area contributed by atoms with Crippen LogP contribution in [0.3, 0.4) is 0 Å². The summed E-state index contributed by atoms with van der Waals surface area (Å²) in [5, 5.41) is 0.